The predicted octanol–water partition coefficient (Wildman–Crippen LogP) is 4.35. The van der Waals surface area contributed by atoms with Gasteiger partial charge in [0.1, 0.15) is 23.5 Å². The molecule has 4 rings (SSSR count). The van der Waals surface area contributed by atoms with Crippen molar-refractivity contribution in [3.8, 4) is 23.5 Å². The van der Waals surface area contributed by atoms with Gasteiger partial charge in [-0.15, -0.1) is 6.42 Å². The third-order valence-corrected chi connectivity index (χ3v) is 5.90. The fourth-order valence-electron chi connectivity index (χ4n) is 3.91. The molecule has 7 nitrogen and oxygen atoms in total. The van der Waals surface area contributed by atoms with E-state index in [0.717, 1.165) is 22.5 Å². The molecule has 1 fully saturated rings. The summed E-state index contributed by atoms with van der Waals surface area (Å²) in [6.07, 6.45) is 8.71. The van der Waals surface area contributed by atoms with Crippen LogP contribution in [0.5, 0.6) is 0 Å². The summed E-state index contributed by atoms with van der Waals surface area (Å²) in [6, 6.07) is 6.60. The second kappa shape index (κ2) is 9.80. The smallest absolute Gasteiger partial charge is 0.274 e. The summed E-state index contributed by atoms with van der Waals surface area (Å²) in [4.78, 5) is 27.8. The minimum absolute atomic E-state index is 0.0560. The summed E-state index contributed by atoms with van der Waals surface area (Å²) in [5.41, 5.74) is 4.29. The molecule has 0 bridgehead atoms. The molecule has 0 saturated carbocycles. The van der Waals surface area contributed by atoms with Crippen molar-refractivity contribution < 1.29 is 13.9 Å². The lowest BCUT2D eigenvalue weighted by Crippen LogP contribution is -2.36. The number of nitrogens with one attached hydrogen (secondary N) is 1. The highest BCUT2D eigenvalue weighted by atomic mass is 19.1. The number of benzene rings is 1. The predicted molar refractivity (Wildman–Crippen MR) is 134 cm³/mol. The Hall–Kier alpha value is -3.83. The Morgan fingerprint density at radius 1 is 1.14 bits per heavy atom. The van der Waals surface area contributed by atoms with Crippen molar-refractivity contribution in [2.24, 2.45) is 0 Å². The molecular weight excluding hydrogens is 445 g/mol. The average Bonchev–Trinajstić information content (AvgIpc) is 2.85. The van der Waals surface area contributed by atoms with Crippen molar-refractivity contribution in [3.05, 3.63) is 65.3 Å². The zero-order valence-electron chi connectivity index (χ0n) is 20.4. The lowest BCUT2D eigenvalue weighted by Gasteiger charge is -2.29. The van der Waals surface area contributed by atoms with E-state index < -0.39 is 11.7 Å². The van der Waals surface area contributed by atoms with Crippen molar-refractivity contribution in [1.82, 2.24) is 15.0 Å². The molecule has 1 amide bonds. The molecular formula is C27H28FN5O2. The molecule has 2 aromatic heterocycles. The van der Waals surface area contributed by atoms with Gasteiger partial charge in [0.15, 0.2) is 0 Å². The van der Waals surface area contributed by atoms with Crippen LogP contribution in [-0.2, 0) is 10.2 Å². The summed E-state index contributed by atoms with van der Waals surface area (Å²) in [5.74, 6) is 1.59. The molecule has 1 aliphatic rings. The number of amides is 1. The van der Waals surface area contributed by atoms with Gasteiger partial charge in [0.25, 0.3) is 5.91 Å². The molecule has 180 valence electrons. The molecule has 1 aliphatic heterocycles. The van der Waals surface area contributed by atoms with Crippen LogP contribution in [0.2, 0.25) is 0 Å². The maximum atomic E-state index is 14.9. The number of pyridine rings is 1. The number of rotatable bonds is 4. The number of anilines is 2. The topological polar surface area (TPSA) is 80.2 Å². The van der Waals surface area contributed by atoms with E-state index in [2.05, 4.69) is 31.1 Å². The Morgan fingerprint density at radius 2 is 1.89 bits per heavy atom. The van der Waals surface area contributed by atoms with Crippen LogP contribution in [0.1, 0.15) is 48.2 Å². The van der Waals surface area contributed by atoms with Gasteiger partial charge in [0.2, 0.25) is 0 Å². The third kappa shape index (κ3) is 5.31. The van der Waals surface area contributed by atoms with E-state index >= 15 is 0 Å². The van der Waals surface area contributed by atoms with E-state index in [-0.39, 0.29) is 16.8 Å². The fraction of sp³-hybridized carbons (Fsp3) is 0.333. The zero-order chi connectivity index (χ0) is 25.2. The van der Waals surface area contributed by atoms with Gasteiger partial charge in [0, 0.05) is 36.0 Å². The number of hydrogen-bond donors (Lipinski definition) is 1. The molecule has 0 spiro atoms. The molecule has 0 atom stereocenters. The number of nitrogens with zero attached hydrogens (tertiary/aromatic N) is 4. The van der Waals surface area contributed by atoms with Crippen LogP contribution in [0.4, 0.5) is 15.8 Å². The van der Waals surface area contributed by atoms with Crippen LogP contribution < -0.4 is 10.2 Å². The van der Waals surface area contributed by atoms with Crippen molar-refractivity contribution in [3.63, 3.8) is 0 Å². The molecule has 0 radical (unpaired) electrons. The summed E-state index contributed by atoms with van der Waals surface area (Å²) < 4.78 is 20.3. The first-order valence-corrected chi connectivity index (χ1v) is 11.4. The number of hydrogen-bond acceptors (Lipinski definition) is 6. The Morgan fingerprint density at radius 3 is 2.57 bits per heavy atom. The largest absolute Gasteiger partial charge is 0.378 e. The molecule has 0 aliphatic carbocycles. The molecule has 1 N–H and O–H groups in total. The molecule has 8 heteroatoms. The van der Waals surface area contributed by atoms with Gasteiger partial charge in [-0.05, 0) is 48.2 Å². The Kier molecular flexibility index (Phi) is 6.81. The lowest BCUT2D eigenvalue weighted by atomic mass is 9.91. The van der Waals surface area contributed by atoms with Crippen molar-refractivity contribution in [1.29, 1.82) is 0 Å². The maximum Gasteiger partial charge on any atom is 0.274 e. The molecule has 35 heavy (non-hydrogen) atoms. The number of halogens is 1. The number of aromatic nitrogens is 3. The van der Waals surface area contributed by atoms with Gasteiger partial charge >= 0.3 is 0 Å². The molecule has 1 aromatic carbocycles. The van der Waals surface area contributed by atoms with Gasteiger partial charge in [-0.2, -0.15) is 0 Å². The van der Waals surface area contributed by atoms with E-state index in [1.165, 1.54) is 12.4 Å². The van der Waals surface area contributed by atoms with Crippen molar-refractivity contribution >= 4 is 17.3 Å². The maximum absolute atomic E-state index is 14.9. The lowest BCUT2D eigenvalue weighted by molar-refractivity contribution is 0.102. The SMILES string of the molecule is C#Cc1ncc(-c2cc(NC(=O)c3cc(C(C)(C)C)ncn3)c(F)cc2C)cc1N1CCOCC1. The molecule has 3 aromatic rings. The van der Waals surface area contributed by atoms with E-state index in [4.69, 9.17) is 11.2 Å². The van der Waals surface area contributed by atoms with E-state index in [1.54, 1.807) is 18.3 Å². The number of carbonyl (C=O) groups excluding carboxylic acids is 1. The van der Waals surface area contributed by atoms with E-state index in [0.29, 0.717) is 37.6 Å². The number of aryl methyl sites for hydroxylation is 1. The molecule has 1 saturated heterocycles. The number of ether oxygens (including phenoxy) is 1. The highest BCUT2D eigenvalue weighted by Gasteiger charge is 2.21. The standard InChI is InChI=1S/C27H28FN5O2/c1-6-21-24(33-7-9-35-10-8-33)12-18(15-29-21)19-13-22(20(28)11-17(19)2)32-26(34)23-14-25(27(3,4)5)31-16-30-23/h1,11-16H,7-10H2,2-5H3,(H,32,34). The van der Waals surface area contributed by atoms with Gasteiger partial charge < -0.3 is 15.0 Å². The Balaban J connectivity index is 1.68. The minimum Gasteiger partial charge on any atom is -0.378 e. The highest BCUT2D eigenvalue weighted by molar-refractivity contribution is 6.03. The first kappa shape index (κ1) is 24.3. The second-order valence-electron chi connectivity index (χ2n) is 9.48. The second-order valence-corrected chi connectivity index (χ2v) is 9.48. The monoisotopic (exact) mass is 473 g/mol. The van der Waals surface area contributed by atoms with Gasteiger partial charge in [-0.25, -0.2) is 19.3 Å². The molecule has 0 unspecified atom stereocenters. The van der Waals surface area contributed by atoms with Crippen LogP contribution >= 0.6 is 0 Å². The number of morpholine rings is 1. The first-order valence-electron chi connectivity index (χ1n) is 11.4. The Labute approximate surface area is 204 Å². The average molecular weight is 474 g/mol. The van der Waals surface area contributed by atoms with Crippen LogP contribution in [0.25, 0.3) is 11.1 Å². The molecule has 3 heterocycles. The normalized spacial score (nSPS) is 13.9. The zero-order valence-corrected chi connectivity index (χ0v) is 20.4. The number of carbonyl (C=O) groups is 1. The van der Waals surface area contributed by atoms with Crippen LogP contribution in [0.3, 0.4) is 0 Å². The summed E-state index contributed by atoms with van der Waals surface area (Å²) in [5, 5.41) is 2.66. The first-order chi connectivity index (χ1) is 16.7. The fourth-order valence-corrected chi connectivity index (χ4v) is 3.91. The van der Waals surface area contributed by atoms with Gasteiger partial charge in [-0.1, -0.05) is 20.8 Å². The van der Waals surface area contributed by atoms with E-state index in [9.17, 15) is 9.18 Å². The van der Waals surface area contributed by atoms with Gasteiger partial charge in [0.05, 0.1) is 24.6 Å². The van der Waals surface area contributed by atoms with Crippen molar-refractivity contribution in [2.75, 3.05) is 36.5 Å². The minimum atomic E-state index is -0.536. The summed E-state index contributed by atoms with van der Waals surface area (Å²) in [6.45, 7) is 10.4. The quantitative estimate of drug-likeness (QED) is 0.568. The number of terminal acetylenes is 1. The van der Waals surface area contributed by atoms with E-state index in [1.807, 2.05) is 33.8 Å². The van der Waals surface area contributed by atoms with Crippen molar-refractivity contribution in [2.45, 2.75) is 33.1 Å². The van der Waals surface area contributed by atoms with Crippen LogP contribution in [0.15, 0.2) is 36.8 Å². The van der Waals surface area contributed by atoms with Crippen LogP contribution in [0, 0.1) is 25.1 Å². The van der Waals surface area contributed by atoms with Gasteiger partial charge in [-0.3, -0.25) is 4.79 Å². The Bertz CT molecular complexity index is 1300. The summed E-state index contributed by atoms with van der Waals surface area (Å²) in [7, 11) is 0. The van der Waals surface area contributed by atoms with Crippen LogP contribution in [-0.4, -0.2) is 47.2 Å². The highest BCUT2D eigenvalue weighted by Crippen LogP contribution is 2.32. The summed E-state index contributed by atoms with van der Waals surface area (Å²) >= 11 is 0. The third-order valence-electron chi connectivity index (χ3n) is 5.90.